The number of rotatable bonds is 1. The monoisotopic (exact) mass is 178 g/mol. The third-order valence-electron chi connectivity index (χ3n) is 2.70. The molecule has 3 rings (SSSR count). The minimum Gasteiger partial charge on any atom is -0.0622 e. The van der Waals surface area contributed by atoms with Crippen LogP contribution in [-0.2, 0) is 0 Å². The van der Waals surface area contributed by atoms with E-state index in [1.807, 2.05) is 6.07 Å². The fourth-order valence-electron chi connectivity index (χ4n) is 1.94. The molecule has 0 heteroatoms. The molecule has 2 radical (unpaired) electrons. The van der Waals surface area contributed by atoms with Gasteiger partial charge in [-0.2, -0.15) is 0 Å². The Balaban J connectivity index is 2.00. The van der Waals surface area contributed by atoms with Crippen LogP contribution in [0.25, 0.3) is 0 Å². The van der Waals surface area contributed by atoms with Gasteiger partial charge in [-0.15, -0.1) is 0 Å². The lowest BCUT2D eigenvalue weighted by atomic mass is 9.74. The van der Waals surface area contributed by atoms with Gasteiger partial charge in [0.25, 0.3) is 0 Å². The van der Waals surface area contributed by atoms with Crippen LogP contribution in [-0.4, -0.2) is 0 Å². The van der Waals surface area contributed by atoms with Gasteiger partial charge in [-0.05, 0) is 16.7 Å². The van der Waals surface area contributed by atoms with Crippen LogP contribution in [0.1, 0.15) is 22.6 Å². The van der Waals surface area contributed by atoms with E-state index in [1.54, 1.807) is 0 Å². The van der Waals surface area contributed by atoms with E-state index in [1.165, 1.54) is 16.7 Å². The molecule has 0 fully saturated rings. The molecule has 0 bridgehead atoms. The van der Waals surface area contributed by atoms with Crippen LogP contribution >= 0.6 is 0 Å². The second-order valence-electron chi connectivity index (χ2n) is 3.58. The van der Waals surface area contributed by atoms with E-state index in [0.717, 1.165) is 0 Å². The fourth-order valence-corrected chi connectivity index (χ4v) is 1.94. The molecule has 0 nitrogen and oxygen atoms in total. The van der Waals surface area contributed by atoms with E-state index in [-0.39, 0.29) is 0 Å². The van der Waals surface area contributed by atoms with E-state index >= 15 is 0 Å². The molecular weight excluding hydrogens is 168 g/mol. The smallest absolute Gasteiger partial charge is 0.0296 e. The van der Waals surface area contributed by atoms with Crippen LogP contribution in [0.5, 0.6) is 0 Å². The first-order valence-electron chi connectivity index (χ1n) is 4.85. The highest BCUT2D eigenvalue weighted by Gasteiger charge is 2.27. The van der Waals surface area contributed by atoms with Crippen LogP contribution in [0.4, 0.5) is 0 Å². The van der Waals surface area contributed by atoms with Crippen LogP contribution in [0.2, 0.25) is 0 Å². The molecule has 0 saturated carbocycles. The van der Waals surface area contributed by atoms with Gasteiger partial charge in [0.05, 0.1) is 0 Å². The molecule has 1 unspecified atom stereocenters. The van der Waals surface area contributed by atoms with Crippen molar-refractivity contribution in [3.8, 4) is 0 Å². The van der Waals surface area contributed by atoms with Crippen LogP contribution in [0, 0.1) is 6.42 Å². The maximum atomic E-state index is 3.44. The molecule has 0 aliphatic heterocycles. The molecule has 1 aliphatic carbocycles. The predicted octanol–water partition coefficient (Wildman–Crippen LogP) is 3.26. The Labute approximate surface area is 84.2 Å². The maximum Gasteiger partial charge on any atom is 0.0296 e. The van der Waals surface area contributed by atoms with Crippen molar-refractivity contribution in [1.82, 2.24) is 0 Å². The van der Waals surface area contributed by atoms with Gasteiger partial charge in [0.2, 0.25) is 0 Å². The summed E-state index contributed by atoms with van der Waals surface area (Å²) in [4.78, 5) is 0. The SMILES string of the molecule is [C]1c2ccccc2C1c1ccccc1. The average molecular weight is 178 g/mol. The summed E-state index contributed by atoms with van der Waals surface area (Å²) >= 11 is 0. The molecule has 0 N–H and O–H groups in total. The minimum atomic E-state index is 0.396. The molecule has 2 aromatic carbocycles. The van der Waals surface area contributed by atoms with Crippen LogP contribution in [0.15, 0.2) is 54.6 Å². The predicted molar refractivity (Wildman–Crippen MR) is 57.1 cm³/mol. The Morgan fingerprint density at radius 1 is 0.786 bits per heavy atom. The zero-order chi connectivity index (χ0) is 9.38. The van der Waals surface area contributed by atoms with Gasteiger partial charge in [-0.25, -0.2) is 0 Å². The van der Waals surface area contributed by atoms with Gasteiger partial charge in [0.1, 0.15) is 0 Å². The van der Waals surface area contributed by atoms with E-state index in [2.05, 4.69) is 55.0 Å². The second kappa shape index (κ2) is 2.98. The molecule has 0 saturated heterocycles. The zero-order valence-corrected chi connectivity index (χ0v) is 7.77. The van der Waals surface area contributed by atoms with Gasteiger partial charge in [-0.3, -0.25) is 0 Å². The highest BCUT2D eigenvalue weighted by molar-refractivity contribution is 5.54. The van der Waals surface area contributed by atoms with Crippen LogP contribution in [0.3, 0.4) is 0 Å². The molecule has 14 heavy (non-hydrogen) atoms. The van der Waals surface area contributed by atoms with E-state index in [0.29, 0.717) is 5.92 Å². The Morgan fingerprint density at radius 2 is 1.50 bits per heavy atom. The van der Waals surface area contributed by atoms with Gasteiger partial charge in [0, 0.05) is 12.3 Å². The van der Waals surface area contributed by atoms with Crippen molar-refractivity contribution in [2.45, 2.75) is 5.92 Å². The molecule has 0 spiro atoms. The first-order chi connectivity index (χ1) is 6.95. The molecule has 66 valence electrons. The Morgan fingerprint density at radius 3 is 2.29 bits per heavy atom. The van der Waals surface area contributed by atoms with Gasteiger partial charge >= 0.3 is 0 Å². The van der Waals surface area contributed by atoms with Crippen molar-refractivity contribution in [3.05, 3.63) is 77.7 Å². The average Bonchev–Trinajstić information content (AvgIpc) is 2.22. The number of hydrogen-bond donors (Lipinski definition) is 0. The lowest BCUT2D eigenvalue weighted by Gasteiger charge is -2.29. The van der Waals surface area contributed by atoms with Crippen molar-refractivity contribution < 1.29 is 0 Å². The number of fused-ring (bicyclic) bond motifs is 1. The van der Waals surface area contributed by atoms with Crippen LogP contribution < -0.4 is 0 Å². The number of benzene rings is 2. The summed E-state index contributed by atoms with van der Waals surface area (Å²) in [5.41, 5.74) is 4.01. The Kier molecular flexibility index (Phi) is 1.66. The molecule has 0 heterocycles. The Bertz CT molecular complexity index is 443. The quantitative estimate of drug-likeness (QED) is 0.628. The van der Waals surface area contributed by atoms with Gasteiger partial charge in [0.15, 0.2) is 0 Å². The fraction of sp³-hybridized carbons (Fsp3) is 0.0714. The molecular formula is C14H10. The topological polar surface area (TPSA) is 0 Å². The molecule has 1 atom stereocenters. The third kappa shape index (κ3) is 1.07. The number of hydrogen-bond acceptors (Lipinski definition) is 0. The molecule has 0 aromatic heterocycles. The standard InChI is InChI=1S/C14H10/c1-2-6-11(7-3-1)14-10-12-8-4-5-9-13(12)14/h1-9,14H. The largest absolute Gasteiger partial charge is 0.0622 e. The summed E-state index contributed by atoms with van der Waals surface area (Å²) in [5, 5.41) is 0. The van der Waals surface area contributed by atoms with Gasteiger partial charge < -0.3 is 0 Å². The van der Waals surface area contributed by atoms with Crippen molar-refractivity contribution >= 4 is 0 Å². The van der Waals surface area contributed by atoms with Gasteiger partial charge in [-0.1, -0.05) is 54.6 Å². The normalized spacial score (nSPS) is 18.4. The zero-order valence-electron chi connectivity index (χ0n) is 7.77. The molecule has 1 aliphatic rings. The maximum absolute atomic E-state index is 3.44. The van der Waals surface area contributed by atoms with E-state index < -0.39 is 0 Å². The van der Waals surface area contributed by atoms with E-state index in [9.17, 15) is 0 Å². The third-order valence-corrected chi connectivity index (χ3v) is 2.70. The lowest BCUT2D eigenvalue weighted by molar-refractivity contribution is 0.868. The van der Waals surface area contributed by atoms with Crippen molar-refractivity contribution in [2.75, 3.05) is 0 Å². The first kappa shape index (κ1) is 7.81. The van der Waals surface area contributed by atoms with Crippen molar-refractivity contribution in [1.29, 1.82) is 0 Å². The highest BCUT2D eigenvalue weighted by atomic mass is 14.3. The highest BCUT2D eigenvalue weighted by Crippen LogP contribution is 2.41. The Hall–Kier alpha value is -1.56. The summed E-state index contributed by atoms with van der Waals surface area (Å²) in [6.07, 6.45) is 3.44. The summed E-state index contributed by atoms with van der Waals surface area (Å²) in [7, 11) is 0. The molecule has 0 amide bonds. The van der Waals surface area contributed by atoms with Crippen molar-refractivity contribution in [2.24, 2.45) is 0 Å². The second-order valence-corrected chi connectivity index (χ2v) is 3.58. The summed E-state index contributed by atoms with van der Waals surface area (Å²) < 4.78 is 0. The minimum absolute atomic E-state index is 0.396. The molecule has 2 aromatic rings. The van der Waals surface area contributed by atoms with E-state index in [4.69, 9.17) is 0 Å². The first-order valence-corrected chi connectivity index (χ1v) is 4.85. The summed E-state index contributed by atoms with van der Waals surface area (Å²) in [6.45, 7) is 0. The van der Waals surface area contributed by atoms with Crippen molar-refractivity contribution in [3.63, 3.8) is 0 Å². The lowest BCUT2D eigenvalue weighted by Crippen LogP contribution is -2.15. The summed E-state index contributed by atoms with van der Waals surface area (Å²) in [6, 6.07) is 19.0. The summed E-state index contributed by atoms with van der Waals surface area (Å²) in [5.74, 6) is 0.396.